The quantitative estimate of drug-likeness (QED) is 0.538. The standard InChI is InChI=1S/C19H28FNO5S/c1-18(2,3)26-17(22)19(9-11-21(12-10-19)13-14-25-4)27(23,24)16-7-5-15(20)6-8-16/h5-8H,9-14H2,1-4H3. The van der Waals surface area contributed by atoms with Crippen molar-refractivity contribution in [1.29, 1.82) is 0 Å². The van der Waals surface area contributed by atoms with Crippen molar-refractivity contribution in [1.82, 2.24) is 4.90 Å². The molecule has 152 valence electrons. The van der Waals surface area contributed by atoms with Crippen LogP contribution in [0.15, 0.2) is 29.2 Å². The molecule has 27 heavy (non-hydrogen) atoms. The van der Waals surface area contributed by atoms with Crippen LogP contribution in [0.4, 0.5) is 4.39 Å². The summed E-state index contributed by atoms with van der Waals surface area (Å²) >= 11 is 0. The number of piperidine rings is 1. The number of sulfone groups is 1. The summed E-state index contributed by atoms with van der Waals surface area (Å²) in [6.45, 7) is 7.18. The molecule has 1 fully saturated rings. The van der Waals surface area contributed by atoms with Gasteiger partial charge in [0, 0.05) is 26.7 Å². The van der Waals surface area contributed by atoms with Crippen LogP contribution in [0.3, 0.4) is 0 Å². The lowest BCUT2D eigenvalue weighted by Gasteiger charge is -2.40. The average molecular weight is 402 g/mol. The summed E-state index contributed by atoms with van der Waals surface area (Å²) in [7, 11) is -2.45. The smallest absolute Gasteiger partial charge is 0.328 e. The van der Waals surface area contributed by atoms with Gasteiger partial charge in [0.05, 0.1) is 11.5 Å². The molecule has 1 aromatic carbocycles. The third-order valence-electron chi connectivity index (χ3n) is 4.68. The molecule has 0 N–H and O–H groups in total. The molecule has 1 aromatic rings. The first-order valence-electron chi connectivity index (χ1n) is 8.97. The van der Waals surface area contributed by atoms with E-state index in [1.807, 2.05) is 0 Å². The first-order valence-corrected chi connectivity index (χ1v) is 10.5. The number of rotatable bonds is 6. The topological polar surface area (TPSA) is 72.9 Å². The Bertz CT molecular complexity index is 747. The zero-order valence-electron chi connectivity index (χ0n) is 16.3. The van der Waals surface area contributed by atoms with Crippen molar-refractivity contribution in [2.45, 2.75) is 48.9 Å². The molecule has 1 aliphatic heterocycles. The molecule has 0 aliphatic carbocycles. The number of hydrogen-bond acceptors (Lipinski definition) is 6. The Morgan fingerprint density at radius 3 is 2.22 bits per heavy atom. The van der Waals surface area contributed by atoms with Gasteiger partial charge in [-0.15, -0.1) is 0 Å². The van der Waals surface area contributed by atoms with Crippen molar-refractivity contribution in [3.8, 4) is 0 Å². The first-order chi connectivity index (χ1) is 12.5. The number of carbonyl (C=O) groups is 1. The molecule has 0 atom stereocenters. The van der Waals surface area contributed by atoms with E-state index in [0.717, 1.165) is 12.1 Å². The summed E-state index contributed by atoms with van der Waals surface area (Å²) in [5.74, 6) is -1.28. The molecule has 0 radical (unpaired) electrons. The molecule has 2 rings (SSSR count). The van der Waals surface area contributed by atoms with E-state index in [9.17, 15) is 17.6 Å². The molecule has 6 nitrogen and oxygen atoms in total. The van der Waals surface area contributed by atoms with E-state index >= 15 is 0 Å². The molecule has 0 unspecified atom stereocenters. The Balaban J connectivity index is 2.39. The van der Waals surface area contributed by atoms with E-state index in [4.69, 9.17) is 9.47 Å². The highest BCUT2D eigenvalue weighted by molar-refractivity contribution is 7.93. The van der Waals surface area contributed by atoms with Gasteiger partial charge in [0.2, 0.25) is 0 Å². The second-order valence-electron chi connectivity index (χ2n) is 7.79. The van der Waals surface area contributed by atoms with Gasteiger partial charge < -0.3 is 14.4 Å². The van der Waals surface area contributed by atoms with E-state index in [1.165, 1.54) is 12.1 Å². The number of benzene rings is 1. The summed E-state index contributed by atoms with van der Waals surface area (Å²) in [6.07, 6.45) is 0.233. The predicted molar refractivity (Wildman–Crippen MR) is 99.7 cm³/mol. The van der Waals surface area contributed by atoms with Gasteiger partial charge in [-0.3, -0.25) is 4.79 Å². The Morgan fingerprint density at radius 2 is 1.74 bits per heavy atom. The van der Waals surface area contributed by atoms with Crippen LogP contribution in [0.25, 0.3) is 0 Å². The molecule has 0 spiro atoms. The number of esters is 1. The van der Waals surface area contributed by atoms with E-state index in [2.05, 4.69) is 4.90 Å². The number of methoxy groups -OCH3 is 1. The number of hydrogen-bond donors (Lipinski definition) is 0. The molecule has 1 heterocycles. The molecular weight excluding hydrogens is 373 g/mol. The summed E-state index contributed by atoms with van der Waals surface area (Å²) in [5.41, 5.74) is -0.810. The zero-order valence-corrected chi connectivity index (χ0v) is 17.1. The van der Waals surface area contributed by atoms with Crippen molar-refractivity contribution in [2.75, 3.05) is 33.4 Å². The van der Waals surface area contributed by atoms with Crippen molar-refractivity contribution in [3.05, 3.63) is 30.1 Å². The lowest BCUT2D eigenvalue weighted by molar-refractivity contribution is -0.159. The van der Waals surface area contributed by atoms with E-state index in [-0.39, 0.29) is 17.7 Å². The summed E-state index contributed by atoms with van der Waals surface area (Å²) < 4.78 is 48.9. The minimum Gasteiger partial charge on any atom is -0.459 e. The number of nitrogens with zero attached hydrogens (tertiary/aromatic N) is 1. The van der Waals surface area contributed by atoms with Crippen molar-refractivity contribution in [2.24, 2.45) is 0 Å². The van der Waals surface area contributed by atoms with Crippen LogP contribution in [-0.4, -0.2) is 63.0 Å². The summed E-state index contributed by atoms with van der Waals surface area (Å²) in [6, 6.07) is 4.58. The van der Waals surface area contributed by atoms with Gasteiger partial charge in [0.25, 0.3) is 0 Å². The Morgan fingerprint density at radius 1 is 1.19 bits per heavy atom. The third kappa shape index (κ3) is 4.86. The fraction of sp³-hybridized carbons (Fsp3) is 0.632. The normalized spacial score (nSPS) is 18.3. The Labute approximate surface area is 160 Å². The van der Waals surface area contributed by atoms with E-state index in [1.54, 1.807) is 27.9 Å². The van der Waals surface area contributed by atoms with Gasteiger partial charge in [0.1, 0.15) is 11.4 Å². The molecule has 1 saturated heterocycles. The van der Waals surface area contributed by atoms with Crippen LogP contribution >= 0.6 is 0 Å². The Hall–Kier alpha value is -1.51. The second-order valence-corrected chi connectivity index (χ2v) is 10.0. The van der Waals surface area contributed by atoms with Gasteiger partial charge in [-0.05, 0) is 57.9 Å². The molecule has 1 aliphatic rings. The van der Waals surface area contributed by atoms with E-state index < -0.39 is 32.0 Å². The van der Waals surface area contributed by atoms with Gasteiger partial charge in [-0.1, -0.05) is 0 Å². The van der Waals surface area contributed by atoms with E-state index in [0.29, 0.717) is 26.2 Å². The Kier molecular flexibility index (Phi) is 6.65. The largest absolute Gasteiger partial charge is 0.459 e. The minimum absolute atomic E-state index is 0.0694. The number of likely N-dealkylation sites (tertiary alicyclic amines) is 1. The molecule has 0 amide bonds. The third-order valence-corrected chi connectivity index (χ3v) is 7.18. The highest BCUT2D eigenvalue weighted by Crippen LogP contribution is 2.37. The lowest BCUT2D eigenvalue weighted by Crippen LogP contribution is -2.56. The minimum atomic E-state index is -4.06. The van der Waals surface area contributed by atoms with Gasteiger partial charge in [-0.25, -0.2) is 12.8 Å². The van der Waals surface area contributed by atoms with Crippen LogP contribution in [-0.2, 0) is 24.1 Å². The van der Waals surface area contributed by atoms with Crippen molar-refractivity contribution in [3.63, 3.8) is 0 Å². The fourth-order valence-corrected chi connectivity index (χ4v) is 5.08. The molecule has 0 saturated carbocycles. The van der Waals surface area contributed by atoms with Crippen molar-refractivity contribution >= 4 is 15.8 Å². The molecule has 0 aromatic heterocycles. The molecule has 8 heteroatoms. The zero-order chi connectivity index (χ0) is 20.3. The maximum Gasteiger partial charge on any atom is 0.328 e. The van der Waals surface area contributed by atoms with Gasteiger partial charge in [-0.2, -0.15) is 0 Å². The number of ether oxygens (including phenoxy) is 2. The summed E-state index contributed by atoms with van der Waals surface area (Å²) in [5, 5.41) is 0. The number of halogens is 1. The average Bonchev–Trinajstić information content (AvgIpc) is 2.59. The predicted octanol–water partition coefficient (Wildman–Crippen LogP) is 2.42. The highest BCUT2D eigenvalue weighted by atomic mass is 32.2. The molecule has 0 bridgehead atoms. The van der Waals surface area contributed by atoms with Crippen LogP contribution in [0.2, 0.25) is 0 Å². The van der Waals surface area contributed by atoms with Gasteiger partial charge >= 0.3 is 5.97 Å². The maximum atomic E-state index is 13.4. The van der Waals surface area contributed by atoms with Crippen LogP contribution in [0, 0.1) is 5.82 Å². The molecular formula is C19H28FNO5S. The lowest BCUT2D eigenvalue weighted by atomic mass is 9.95. The van der Waals surface area contributed by atoms with Crippen molar-refractivity contribution < 1.29 is 27.1 Å². The SMILES string of the molecule is COCCN1CCC(C(=O)OC(C)(C)C)(S(=O)(=O)c2ccc(F)cc2)CC1. The highest BCUT2D eigenvalue weighted by Gasteiger charge is 2.54. The van der Waals surface area contributed by atoms with Gasteiger partial charge in [0.15, 0.2) is 14.6 Å². The van der Waals surface area contributed by atoms with Crippen LogP contribution in [0.5, 0.6) is 0 Å². The fourth-order valence-electron chi connectivity index (χ4n) is 3.15. The second kappa shape index (κ2) is 8.24. The number of carbonyl (C=O) groups excluding carboxylic acids is 1. The first kappa shape index (κ1) is 21.8. The van der Waals surface area contributed by atoms with Crippen LogP contribution < -0.4 is 0 Å². The monoisotopic (exact) mass is 401 g/mol. The maximum absolute atomic E-state index is 13.4. The summed E-state index contributed by atoms with van der Waals surface area (Å²) in [4.78, 5) is 15.0. The van der Waals surface area contributed by atoms with Crippen LogP contribution in [0.1, 0.15) is 33.6 Å².